The van der Waals surface area contributed by atoms with E-state index < -0.39 is 53.3 Å². The van der Waals surface area contributed by atoms with Gasteiger partial charge in [0.1, 0.15) is 28.9 Å². The lowest BCUT2D eigenvalue weighted by Gasteiger charge is -2.22. The van der Waals surface area contributed by atoms with E-state index in [0.29, 0.717) is 23.4 Å². The van der Waals surface area contributed by atoms with Gasteiger partial charge in [0.2, 0.25) is 0 Å². The lowest BCUT2D eigenvalue weighted by atomic mass is 10.1. The Labute approximate surface area is 182 Å². The summed E-state index contributed by atoms with van der Waals surface area (Å²) in [5.41, 5.74) is -0.360. The Bertz CT molecular complexity index is 1690. The van der Waals surface area contributed by atoms with Crippen LogP contribution in [0, 0.1) is 5.82 Å². The predicted octanol–water partition coefficient (Wildman–Crippen LogP) is 3.75. The van der Waals surface area contributed by atoms with E-state index in [1.165, 1.54) is 24.8 Å². The molecule has 154 valence electrons. The number of rotatable bonds is 5. The molecule has 0 spiro atoms. The number of para-hydroxylation sites is 1. The fourth-order valence-corrected chi connectivity index (χ4v) is 3.40. The van der Waals surface area contributed by atoms with Gasteiger partial charge >= 0.3 is 0 Å². The monoisotopic (exact) mass is 420 g/mol. The van der Waals surface area contributed by atoms with Crippen molar-refractivity contribution < 1.29 is 11.2 Å². The van der Waals surface area contributed by atoms with E-state index in [1.807, 2.05) is 0 Å². The summed E-state index contributed by atoms with van der Waals surface area (Å²) >= 11 is 0. The quantitative estimate of drug-likeness (QED) is 0.449. The van der Waals surface area contributed by atoms with Crippen LogP contribution in [0.3, 0.4) is 0 Å². The molecule has 5 rings (SSSR count). The number of H-pyrrole nitrogens is 1. The summed E-state index contributed by atoms with van der Waals surface area (Å²) in [7, 11) is 0. The summed E-state index contributed by atoms with van der Waals surface area (Å²) in [5.74, 6) is -0.468. The summed E-state index contributed by atoms with van der Waals surface area (Å²) in [6.07, 6.45) is 3.10. The Morgan fingerprint density at radius 1 is 1.23 bits per heavy atom. The van der Waals surface area contributed by atoms with Gasteiger partial charge < -0.3 is 10.3 Å². The second-order valence-electron chi connectivity index (χ2n) is 6.65. The van der Waals surface area contributed by atoms with Gasteiger partial charge in [-0.05, 0) is 30.6 Å². The first-order valence-electron chi connectivity index (χ1n) is 11.9. The smallest absolute Gasteiger partial charge is 0.269 e. The Morgan fingerprint density at radius 3 is 2.87 bits per heavy atom. The lowest BCUT2D eigenvalue weighted by Crippen LogP contribution is -2.28. The molecule has 0 aliphatic carbocycles. The topological polar surface area (TPSA) is 101 Å². The predicted molar refractivity (Wildman–Crippen MR) is 116 cm³/mol. The van der Waals surface area contributed by atoms with Gasteiger partial charge in [0.25, 0.3) is 5.56 Å². The minimum Gasteiger partial charge on any atom is -0.358 e. The highest BCUT2D eigenvalue weighted by Gasteiger charge is 2.22. The molecule has 2 N–H and O–H groups in total. The van der Waals surface area contributed by atoms with Crippen LogP contribution in [-0.2, 0) is 0 Å². The van der Waals surface area contributed by atoms with Crippen LogP contribution < -0.4 is 10.9 Å². The highest BCUT2D eigenvalue weighted by atomic mass is 19.1. The molecule has 0 saturated heterocycles. The van der Waals surface area contributed by atoms with Gasteiger partial charge in [0, 0.05) is 0 Å². The van der Waals surface area contributed by atoms with Crippen LogP contribution in [0.25, 0.3) is 27.8 Å². The number of nitrogens with one attached hydrogen (secondary N) is 2. The number of nitrogens with zero attached hydrogens (tertiary/aromatic N) is 5. The standard InChI is InChI=1S/C22H18FN7O/c1-2-15(28-20-18-19(25-11-24-18)26-12-27-20)21-29-16-10-6-9-14(23)17(16)22(31)30(21)13-7-4-3-5-8-13/h3-12,15H,2H2,1H3,(H2,24,25,26,27,28)/i3D,4D,5D,7D,8D. The van der Waals surface area contributed by atoms with E-state index in [4.69, 9.17) is 6.85 Å². The van der Waals surface area contributed by atoms with Crippen molar-refractivity contribution in [1.29, 1.82) is 0 Å². The van der Waals surface area contributed by atoms with Gasteiger partial charge in [0.15, 0.2) is 11.5 Å². The summed E-state index contributed by atoms with van der Waals surface area (Å²) in [6, 6.07) is 0.130. The number of hydrogen-bond donors (Lipinski definition) is 2. The van der Waals surface area contributed by atoms with Gasteiger partial charge in [-0.3, -0.25) is 9.36 Å². The number of halogens is 1. The molecule has 5 aromatic rings. The molecule has 0 aliphatic heterocycles. The number of anilines is 1. The fraction of sp³-hybridized carbons (Fsp3) is 0.136. The zero-order chi connectivity index (χ0) is 25.7. The zero-order valence-corrected chi connectivity index (χ0v) is 16.2. The van der Waals surface area contributed by atoms with Crippen LogP contribution >= 0.6 is 0 Å². The van der Waals surface area contributed by atoms with E-state index >= 15 is 0 Å². The van der Waals surface area contributed by atoms with Crippen molar-refractivity contribution >= 4 is 27.9 Å². The van der Waals surface area contributed by atoms with Crippen LogP contribution in [0.4, 0.5) is 10.2 Å². The molecule has 31 heavy (non-hydrogen) atoms. The van der Waals surface area contributed by atoms with Crippen molar-refractivity contribution in [1.82, 2.24) is 29.5 Å². The van der Waals surface area contributed by atoms with Crippen LogP contribution in [-0.4, -0.2) is 29.5 Å². The van der Waals surface area contributed by atoms with Crippen LogP contribution in [0.15, 0.2) is 65.9 Å². The molecule has 0 saturated carbocycles. The molecular weight excluding hydrogens is 397 g/mol. The number of fused-ring (bicyclic) bond motifs is 2. The molecule has 0 aliphatic rings. The Balaban J connectivity index is 1.84. The van der Waals surface area contributed by atoms with Crippen molar-refractivity contribution in [3.8, 4) is 5.69 Å². The molecule has 1 atom stereocenters. The molecule has 9 heteroatoms. The Kier molecular flexibility index (Phi) is 3.42. The third-order valence-corrected chi connectivity index (χ3v) is 4.84. The second-order valence-corrected chi connectivity index (χ2v) is 6.65. The van der Waals surface area contributed by atoms with Gasteiger partial charge in [-0.15, -0.1) is 0 Å². The molecule has 3 aromatic heterocycles. The summed E-state index contributed by atoms with van der Waals surface area (Å²) < 4.78 is 56.6. The van der Waals surface area contributed by atoms with Crippen LogP contribution in [0.2, 0.25) is 0 Å². The molecule has 0 bridgehead atoms. The number of imidazole rings is 1. The summed E-state index contributed by atoms with van der Waals surface area (Å²) in [5, 5.41) is 2.82. The van der Waals surface area contributed by atoms with Gasteiger partial charge in [0.05, 0.1) is 30.4 Å². The molecule has 0 amide bonds. The second kappa shape index (κ2) is 7.60. The molecule has 0 fully saturated rings. The van der Waals surface area contributed by atoms with E-state index in [1.54, 1.807) is 6.92 Å². The van der Waals surface area contributed by atoms with Crippen LogP contribution in [0.5, 0.6) is 0 Å². The third kappa shape index (κ3) is 3.20. The first-order valence-corrected chi connectivity index (χ1v) is 9.43. The van der Waals surface area contributed by atoms with Crippen molar-refractivity contribution in [2.45, 2.75) is 19.4 Å². The molecule has 0 radical (unpaired) electrons. The number of benzene rings is 2. The minimum atomic E-state index is -0.902. The van der Waals surface area contributed by atoms with Gasteiger partial charge in [-0.2, -0.15) is 0 Å². The highest BCUT2D eigenvalue weighted by Crippen LogP contribution is 2.26. The van der Waals surface area contributed by atoms with E-state index in [-0.39, 0.29) is 16.7 Å². The number of hydrogen-bond acceptors (Lipinski definition) is 6. The molecular formula is C22H18FN7O. The maximum atomic E-state index is 14.8. The van der Waals surface area contributed by atoms with Gasteiger partial charge in [-0.1, -0.05) is 31.1 Å². The third-order valence-electron chi connectivity index (χ3n) is 4.84. The van der Waals surface area contributed by atoms with Crippen molar-refractivity contribution in [3.63, 3.8) is 0 Å². The lowest BCUT2D eigenvalue weighted by molar-refractivity contribution is 0.630. The van der Waals surface area contributed by atoms with E-state index in [0.717, 1.165) is 10.6 Å². The number of aromatic amines is 1. The first-order chi connectivity index (χ1) is 17.2. The summed E-state index contributed by atoms with van der Waals surface area (Å²) in [6.45, 7) is 1.80. The normalized spacial score (nSPS) is 14.6. The van der Waals surface area contributed by atoms with Gasteiger partial charge in [-0.25, -0.2) is 24.3 Å². The van der Waals surface area contributed by atoms with Crippen molar-refractivity contribution in [2.75, 3.05) is 5.32 Å². The molecule has 3 heterocycles. The van der Waals surface area contributed by atoms with Crippen LogP contribution in [0.1, 0.15) is 32.1 Å². The average molecular weight is 420 g/mol. The average Bonchev–Trinajstić information content (AvgIpc) is 3.36. The first kappa shape index (κ1) is 14.0. The minimum absolute atomic E-state index is 0.0189. The Morgan fingerprint density at radius 2 is 2.06 bits per heavy atom. The molecule has 1 unspecified atom stereocenters. The zero-order valence-electron chi connectivity index (χ0n) is 21.2. The van der Waals surface area contributed by atoms with E-state index in [2.05, 4.69) is 30.2 Å². The summed E-state index contributed by atoms with van der Waals surface area (Å²) in [4.78, 5) is 33.6. The molecule has 8 nitrogen and oxygen atoms in total. The maximum absolute atomic E-state index is 14.8. The Hall–Kier alpha value is -4.14. The molecule has 2 aromatic carbocycles. The SMILES string of the molecule is [2H]c1c([2H])c([2H])c(-n2c(C(CC)Nc3ncnc4nc[nH]c34)nc3cccc(F)c3c2=O)c([2H])c1[2H]. The van der Waals surface area contributed by atoms with E-state index in [9.17, 15) is 9.18 Å². The maximum Gasteiger partial charge on any atom is 0.269 e. The fourth-order valence-electron chi connectivity index (χ4n) is 3.40. The number of aromatic nitrogens is 6. The van der Waals surface area contributed by atoms with Crippen molar-refractivity contribution in [3.05, 3.63) is 83.1 Å². The van der Waals surface area contributed by atoms with Crippen molar-refractivity contribution in [2.24, 2.45) is 0 Å². The highest BCUT2D eigenvalue weighted by molar-refractivity contribution is 5.82. The largest absolute Gasteiger partial charge is 0.358 e.